The number of carbonyl (C=O) groups is 1. The number of hydrogen-bond donors (Lipinski definition) is 1. The number of nitrogens with zero attached hydrogens (tertiary/aromatic N) is 4. The summed E-state index contributed by atoms with van der Waals surface area (Å²) in [6.45, 7) is 4.67. The quantitative estimate of drug-likeness (QED) is 0.446. The molecule has 4 aromatic rings. The van der Waals surface area contributed by atoms with Crippen molar-refractivity contribution in [1.29, 1.82) is 0 Å². The number of aromatic nitrogens is 2. The first kappa shape index (κ1) is 22.6. The van der Waals surface area contributed by atoms with E-state index in [-0.39, 0.29) is 18.3 Å². The van der Waals surface area contributed by atoms with Crippen molar-refractivity contribution in [3.63, 3.8) is 0 Å². The van der Waals surface area contributed by atoms with Gasteiger partial charge in [0, 0.05) is 49.7 Å². The molecule has 1 aliphatic rings. The summed E-state index contributed by atoms with van der Waals surface area (Å²) in [5.41, 5.74) is 3.81. The van der Waals surface area contributed by atoms with Gasteiger partial charge in [0.25, 0.3) is 0 Å². The number of benzene rings is 3. The number of carbonyl (C=O) groups excluding carboxylic acids is 1. The lowest BCUT2D eigenvalue weighted by Crippen LogP contribution is -2.45. The molecule has 1 aliphatic heterocycles. The average Bonchev–Trinajstić information content (AvgIpc) is 3.26. The first-order valence-corrected chi connectivity index (χ1v) is 11.7. The molecule has 0 saturated carbocycles. The van der Waals surface area contributed by atoms with Crippen molar-refractivity contribution < 1.29 is 9.21 Å². The predicted octanol–water partition coefficient (Wildman–Crippen LogP) is 3.46. The maximum atomic E-state index is 12.5. The minimum atomic E-state index is -0.666. The van der Waals surface area contributed by atoms with Gasteiger partial charge >= 0.3 is 5.76 Å². The molecule has 1 N–H and O–H groups in total. The summed E-state index contributed by atoms with van der Waals surface area (Å²) in [4.78, 5) is 29.4. The number of hydrogen-bond acceptors (Lipinski definition) is 6. The summed E-state index contributed by atoms with van der Waals surface area (Å²) >= 11 is 0. The number of rotatable bonds is 7. The normalized spacial score (nSPS) is 14.1. The Labute approximate surface area is 203 Å². The standard InChI is InChI=1S/C27H27N5O3/c33-25(20-32-27(34)35-26(29-32)22-9-5-2-6-10-22)28-23-11-13-24(14-12-23)31-17-15-30(16-18-31)19-21-7-3-1-4-8-21/h1-14H,15-20H2,(H,28,33). The van der Waals surface area contributed by atoms with E-state index in [0.29, 0.717) is 11.3 Å². The van der Waals surface area contributed by atoms with Crippen LogP contribution in [0.15, 0.2) is 94.1 Å². The molecule has 8 nitrogen and oxygen atoms in total. The molecule has 0 aliphatic carbocycles. The van der Waals surface area contributed by atoms with E-state index in [0.717, 1.165) is 43.1 Å². The zero-order valence-corrected chi connectivity index (χ0v) is 19.3. The first-order valence-electron chi connectivity index (χ1n) is 11.7. The minimum Gasteiger partial charge on any atom is -0.388 e. The van der Waals surface area contributed by atoms with Crippen LogP contribution in [0.5, 0.6) is 0 Å². The van der Waals surface area contributed by atoms with E-state index in [9.17, 15) is 9.59 Å². The van der Waals surface area contributed by atoms with Crippen molar-refractivity contribution in [2.45, 2.75) is 13.1 Å². The van der Waals surface area contributed by atoms with Crippen LogP contribution in [-0.2, 0) is 17.9 Å². The zero-order chi connectivity index (χ0) is 24.0. The van der Waals surface area contributed by atoms with Crippen molar-refractivity contribution in [1.82, 2.24) is 14.7 Å². The van der Waals surface area contributed by atoms with E-state index in [4.69, 9.17) is 4.42 Å². The van der Waals surface area contributed by atoms with Gasteiger partial charge in [-0.25, -0.2) is 4.79 Å². The summed E-state index contributed by atoms with van der Waals surface area (Å²) in [7, 11) is 0. The van der Waals surface area contributed by atoms with Crippen LogP contribution >= 0.6 is 0 Å². The summed E-state index contributed by atoms with van der Waals surface area (Å²) in [5, 5.41) is 6.96. The molecule has 3 aromatic carbocycles. The van der Waals surface area contributed by atoms with Crippen LogP contribution in [0, 0.1) is 0 Å². The Morgan fingerprint density at radius 1 is 0.857 bits per heavy atom. The highest BCUT2D eigenvalue weighted by molar-refractivity contribution is 5.90. The highest BCUT2D eigenvalue weighted by Gasteiger charge is 2.18. The van der Waals surface area contributed by atoms with Gasteiger partial charge in [-0.3, -0.25) is 9.69 Å². The van der Waals surface area contributed by atoms with E-state index in [2.05, 4.69) is 44.5 Å². The molecule has 0 radical (unpaired) electrons. The molecule has 2 heterocycles. The average molecular weight is 470 g/mol. The third-order valence-electron chi connectivity index (χ3n) is 6.06. The predicted molar refractivity (Wildman–Crippen MR) is 135 cm³/mol. The van der Waals surface area contributed by atoms with Gasteiger partial charge in [-0.15, -0.1) is 5.10 Å². The molecule has 5 rings (SSSR count). The highest BCUT2D eigenvalue weighted by atomic mass is 16.4. The summed E-state index contributed by atoms with van der Waals surface area (Å²) in [6.07, 6.45) is 0. The highest BCUT2D eigenvalue weighted by Crippen LogP contribution is 2.20. The summed E-state index contributed by atoms with van der Waals surface area (Å²) in [6, 6.07) is 27.4. The van der Waals surface area contributed by atoms with Gasteiger partial charge < -0.3 is 14.6 Å². The van der Waals surface area contributed by atoms with Gasteiger partial charge in [-0.1, -0.05) is 48.5 Å². The first-order chi connectivity index (χ1) is 17.1. The van der Waals surface area contributed by atoms with Gasteiger partial charge in [0.05, 0.1) is 0 Å². The molecule has 1 amide bonds. The van der Waals surface area contributed by atoms with Crippen molar-refractivity contribution >= 4 is 17.3 Å². The van der Waals surface area contributed by atoms with E-state index in [1.807, 2.05) is 48.5 Å². The molecule has 1 aromatic heterocycles. The van der Waals surface area contributed by atoms with E-state index in [1.54, 1.807) is 12.1 Å². The summed E-state index contributed by atoms with van der Waals surface area (Å²) in [5.74, 6) is -0.820. The molecule has 0 unspecified atom stereocenters. The smallest absolute Gasteiger partial charge is 0.388 e. The Balaban J connectivity index is 1.13. The molecule has 35 heavy (non-hydrogen) atoms. The SMILES string of the molecule is O=C(Cn1nc(-c2ccccc2)oc1=O)Nc1ccc(N2CCN(Cc3ccccc3)CC2)cc1. The number of anilines is 2. The Morgan fingerprint density at radius 2 is 1.51 bits per heavy atom. The fourth-order valence-electron chi connectivity index (χ4n) is 4.20. The van der Waals surface area contributed by atoms with E-state index >= 15 is 0 Å². The molecule has 8 heteroatoms. The largest absolute Gasteiger partial charge is 0.437 e. The lowest BCUT2D eigenvalue weighted by atomic mass is 10.2. The number of piperazine rings is 1. The molecule has 1 fully saturated rings. The zero-order valence-electron chi connectivity index (χ0n) is 19.3. The number of nitrogens with one attached hydrogen (secondary N) is 1. The molecule has 0 bridgehead atoms. The van der Waals surface area contributed by atoms with E-state index < -0.39 is 5.76 Å². The van der Waals surface area contributed by atoms with Crippen LogP contribution in [0.2, 0.25) is 0 Å². The van der Waals surface area contributed by atoms with Gasteiger partial charge in [0.15, 0.2) is 0 Å². The fourth-order valence-corrected chi connectivity index (χ4v) is 4.20. The van der Waals surface area contributed by atoms with Crippen LogP contribution in [0.1, 0.15) is 5.56 Å². The second-order valence-electron chi connectivity index (χ2n) is 8.54. The Morgan fingerprint density at radius 3 is 2.20 bits per heavy atom. The van der Waals surface area contributed by atoms with Gasteiger partial charge in [-0.2, -0.15) is 4.68 Å². The molecule has 178 valence electrons. The van der Waals surface area contributed by atoms with E-state index in [1.165, 1.54) is 5.56 Å². The maximum Gasteiger partial charge on any atom is 0.437 e. The molecule has 0 atom stereocenters. The van der Waals surface area contributed by atoms with Crippen molar-refractivity contribution in [3.05, 3.63) is 101 Å². The Kier molecular flexibility index (Phi) is 6.72. The van der Waals surface area contributed by atoms with Crippen LogP contribution in [0.4, 0.5) is 11.4 Å². The number of amides is 1. The van der Waals surface area contributed by atoms with Gasteiger partial charge in [-0.05, 0) is 42.0 Å². The maximum absolute atomic E-state index is 12.5. The topological polar surface area (TPSA) is 83.6 Å². The Bertz CT molecular complexity index is 1310. The fraction of sp³-hybridized carbons (Fsp3) is 0.222. The summed E-state index contributed by atoms with van der Waals surface area (Å²) < 4.78 is 6.21. The van der Waals surface area contributed by atoms with Crippen molar-refractivity contribution in [2.75, 3.05) is 36.4 Å². The Hall–Kier alpha value is -4.17. The second-order valence-corrected chi connectivity index (χ2v) is 8.54. The van der Waals surface area contributed by atoms with Crippen molar-refractivity contribution in [3.8, 4) is 11.5 Å². The van der Waals surface area contributed by atoms with Crippen molar-refractivity contribution in [2.24, 2.45) is 0 Å². The lowest BCUT2D eigenvalue weighted by Gasteiger charge is -2.36. The van der Waals surface area contributed by atoms with Gasteiger partial charge in [0.2, 0.25) is 11.8 Å². The minimum absolute atomic E-state index is 0.191. The second kappa shape index (κ2) is 10.4. The molecular formula is C27H27N5O3. The monoisotopic (exact) mass is 469 g/mol. The lowest BCUT2D eigenvalue weighted by molar-refractivity contribution is -0.117. The molecular weight excluding hydrogens is 442 g/mol. The van der Waals surface area contributed by atoms with Crippen LogP contribution in [0.3, 0.4) is 0 Å². The van der Waals surface area contributed by atoms with Crippen LogP contribution < -0.4 is 16.0 Å². The molecule has 1 saturated heterocycles. The van der Waals surface area contributed by atoms with Crippen LogP contribution in [0.25, 0.3) is 11.5 Å². The van der Waals surface area contributed by atoms with Crippen LogP contribution in [-0.4, -0.2) is 46.8 Å². The molecule has 0 spiro atoms. The third kappa shape index (κ3) is 5.67. The third-order valence-corrected chi connectivity index (χ3v) is 6.06. The van der Waals surface area contributed by atoms with Gasteiger partial charge in [0.1, 0.15) is 6.54 Å².